The Morgan fingerprint density at radius 1 is 1.26 bits per heavy atom. The molecule has 94 valence electrons. The molecule has 0 heterocycles. The van der Waals surface area contributed by atoms with Gasteiger partial charge in [0, 0.05) is 11.3 Å². The highest BCUT2D eigenvalue weighted by molar-refractivity contribution is 6.04. The van der Waals surface area contributed by atoms with Crippen molar-refractivity contribution in [2.45, 2.75) is 6.92 Å². The third kappa shape index (κ3) is 2.96. The van der Waals surface area contributed by atoms with Crippen LogP contribution in [0.25, 0.3) is 0 Å². The summed E-state index contributed by atoms with van der Waals surface area (Å²) in [6.07, 6.45) is 0. The van der Waals surface area contributed by atoms with Crippen molar-refractivity contribution in [3.05, 3.63) is 65.0 Å². The monoisotopic (exact) mass is 254 g/mol. The van der Waals surface area contributed by atoms with Gasteiger partial charge in [-0.1, -0.05) is 6.07 Å². The van der Waals surface area contributed by atoms with Gasteiger partial charge in [-0.15, -0.1) is 0 Å². The van der Waals surface area contributed by atoms with E-state index in [9.17, 15) is 9.18 Å². The second-order valence-electron chi connectivity index (χ2n) is 4.11. The molecule has 1 N–H and O–H groups in total. The van der Waals surface area contributed by atoms with Crippen LogP contribution in [-0.4, -0.2) is 5.91 Å². The van der Waals surface area contributed by atoms with Crippen LogP contribution in [0.5, 0.6) is 0 Å². The van der Waals surface area contributed by atoms with Crippen LogP contribution in [0.2, 0.25) is 0 Å². The van der Waals surface area contributed by atoms with Gasteiger partial charge < -0.3 is 5.32 Å². The van der Waals surface area contributed by atoms with E-state index in [4.69, 9.17) is 5.26 Å². The van der Waals surface area contributed by atoms with Crippen LogP contribution in [0.3, 0.4) is 0 Å². The maximum absolute atomic E-state index is 13.1. The minimum absolute atomic E-state index is 0.315. The molecule has 0 atom stereocenters. The highest BCUT2D eigenvalue weighted by Crippen LogP contribution is 2.15. The molecule has 2 aromatic rings. The van der Waals surface area contributed by atoms with Crippen molar-refractivity contribution in [2.24, 2.45) is 0 Å². The first kappa shape index (κ1) is 12.8. The molecule has 0 fully saturated rings. The highest BCUT2D eigenvalue weighted by Gasteiger charge is 2.07. The van der Waals surface area contributed by atoms with Crippen LogP contribution in [0.4, 0.5) is 10.1 Å². The average molecular weight is 254 g/mol. The molecule has 0 radical (unpaired) electrons. The van der Waals surface area contributed by atoms with Gasteiger partial charge in [-0.05, 0) is 48.9 Å². The topological polar surface area (TPSA) is 52.9 Å². The molecule has 0 spiro atoms. The van der Waals surface area contributed by atoms with Crippen LogP contribution in [0, 0.1) is 24.1 Å². The normalized spacial score (nSPS) is 9.74. The predicted octanol–water partition coefficient (Wildman–Crippen LogP) is 3.26. The summed E-state index contributed by atoms with van der Waals surface area (Å²) < 4.78 is 13.1. The van der Waals surface area contributed by atoms with Gasteiger partial charge in [0.25, 0.3) is 5.91 Å². The number of amides is 1. The van der Waals surface area contributed by atoms with E-state index in [1.165, 1.54) is 18.2 Å². The quantitative estimate of drug-likeness (QED) is 0.894. The SMILES string of the molecule is Cc1cc(NC(=O)c2cccc(C#N)c2)ccc1F. The number of benzene rings is 2. The third-order valence-corrected chi connectivity index (χ3v) is 2.67. The Balaban J connectivity index is 2.21. The van der Waals surface area contributed by atoms with Gasteiger partial charge >= 0.3 is 0 Å². The fourth-order valence-corrected chi connectivity index (χ4v) is 1.66. The van der Waals surface area contributed by atoms with E-state index in [-0.39, 0.29) is 11.7 Å². The molecule has 3 nitrogen and oxygen atoms in total. The average Bonchev–Trinajstić information content (AvgIpc) is 2.43. The van der Waals surface area contributed by atoms with Gasteiger partial charge in [0.15, 0.2) is 0 Å². The van der Waals surface area contributed by atoms with Gasteiger partial charge in [0.1, 0.15) is 5.82 Å². The fourth-order valence-electron chi connectivity index (χ4n) is 1.66. The molecule has 0 saturated carbocycles. The largest absolute Gasteiger partial charge is 0.322 e. The summed E-state index contributed by atoms with van der Waals surface area (Å²) in [4.78, 5) is 12.0. The van der Waals surface area contributed by atoms with E-state index in [1.54, 1.807) is 31.2 Å². The number of rotatable bonds is 2. The summed E-state index contributed by atoms with van der Waals surface area (Å²) in [6.45, 7) is 1.63. The second-order valence-corrected chi connectivity index (χ2v) is 4.11. The zero-order chi connectivity index (χ0) is 13.8. The molecule has 2 aromatic carbocycles. The Bertz CT molecular complexity index is 674. The number of nitrogens with zero attached hydrogens (tertiary/aromatic N) is 1. The Morgan fingerprint density at radius 3 is 2.74 bits per heavy atom. The van der Waals surface area contributed by atoms with Crippen molar-refractivity contribution in [1.82, 2.24) is 0 Å². The Kier molecular flexibility index (Phi) is 3.58. The lowest BCUT2D eigenvalue weighted by atomic mass is 10.1. The van der Waals surface area contributed by atoms with Gasteiger partial charge in [-0.3, -0.25) is 4.79 Å². The van der Waals surface area contributed by atoms with Crippen LogP contribution in [0.15, 0.2) is 42.5 Å². The second kappa shape index (κ2) is 5.32. The summed E-state index contributed by atoms with van der Waals surface area (Å²) in [7, 11) is 0. The molecule has 0 aliphatic heterocycles. The maximum Gasteiger partial charge on any atom is 0.255 e. The lowest BCUT2D eigenvalue weighted by Gasteiger charge is -2.06. The third-order valence-electron chi connectivity index (χ3n) is 2.67. The van der Waals surface area contributed by atoms with Crippen molar-refractivity contribution in [3.63, 3.8) is 0 Å². The molecule has 0 unspecified atom stereocenters. The summed E-state index contributed by atoms with van der Waals surface area (Å²) >= 11 is 0. The number of aryl methyl sites for hydroxylation is 1. The van der Waals surface area contributed by atoms with E-state index in [0.29, 0.717) is 22.4 Å². The molecular formula is C15H11FN2O. The van der Waals surface area contributed by atoms with Gasteiger partial charge in [0.05, 0.1) is 11.6 Å². The zero-order valence-corrected chi connectivity index (χ0v) is 10.3. The lowest BCUT2D eigenvalue weighted by molar-refractivity contribution is 0.102. The molecule has 0 bridgehead atoms. The standard InChI is InChI=1S/C15H11FN2O/c1-10-7-13(5-6-14(10)16)18-15(19)12-4-2-3-11(8-12)9-17/h2-8H,1H3,(H,18,19). The molecule has 1 amide bonds. The zero-order valence-electron chi connectivity index (χ0n) is 10.3. The highest BCUT2D eigenvalue weighted by atomic mass is 19.1. The molecule has 0 aliphatic rings. The molecule has 4 heteroatoms. The molecule has 2 rings (SSSR count). The van der Waals surface area contributed by atoms with Crippen molar-refractivity contribution < 1.29 is 9.18 Å². The summed E-state index contributed by atoms with van der Waals surface area (Å²) in [6, 6.07) is 12.7. The number of nitrogens with one attached hydrogen (secondary N) is 1. The van der Waals surface area contributed by atoms with E-state index >= 15 is 0 Å². The number of halogens is 1. The van der Waals surface area contributed by atoms with Crippen LogP contribution in [0.1, 0.15) is 21.5 Å². The van der Waals surface area contributed by atoms with Crippen LogP contribution >= 0.6 is 0 Å². The molecule has 0 aliphatic carbocycles. The first-order chi connectivity index (χ1) is 9.10. The van der Waals surface area contributed by atoms with Gasteiger partial charge in [0.2, 0.25) is 0 Å². The Morgan fingerprint density at radius 2 is 2.05 bits per heavy atom. The number of hydrogen-bond acceptors (Lipinski definition) is 2. The van der Waals surface area contributed by atoms with Gasteiger partial charge in [-0.2, -0.15) is 5.26 Å². The maximum atomic E-state index is 13.1. The van der Waals surface area contributed by atoms with E-state index in [1.807, 2.05) is 6.07 Å². The van der Waals surface area contributed by atoms with Crippen LogP contribution in [-0.2, 0) is 0 Å². The number of carbonyl (C=O) groups is 1. The number of nitriles is 1. The Hall–Kier alpha value is -2.67. The van der Waals surface area contributed by atoms with Gasteiger partial charge in [-0.25, -0.2) is 4.39 Å². The first-order valence-electron chi connectivity index (χ1n) is 5.68. The number of carbonyl (C=O) groups excluding carboxylic acids is 1. The smallest absolute Gasteiger partial charge is 0.255 e. The number of hydrogen-bond donors (Lipinski definition) is 1. The molecule has 0 aromatic heterocycles. The Labute approximate surface area is 110 Å². The predicted molar refractivity (Wildman–Crippen MR) is 70.2 cm³/mol. The van der Waals surface area contributed by atoms with E-state index in [2.05, 4.69) is 5.32 Å². The summed E-state index contributed by atoms with van der Waals surface area (Å²) in [5.41, 5.74) is 1.79. The minimum Gasteiger partial charge on any atom is -0.322 e. The van der Waals surface area contributed by atoms with Crippen molar-refractivity contribution in [1.29, 1.82) is 5.26 Å². The van der Waals surface area contributed by atoms with Crippen molar-refractivity contribution in [3.8, 4) is 6.07 Å². The van der Waals surface area contributed by atoms with Crippen molar-refractivity contribution >= 4 is 11.6 Å². The summed E-state index contributed by atoms with van der Waals surface area (Å²) in [5, 5.41) is 11.4. The van der Waals surface area contributed by atoms with E-state index in [0.717, 1.165) is 0 Å². The molecular weight excluding hydrogens is 243 g/mol. The molecule has 19 heavy (non-hydrogen) atoms. The molecule has 0 saturated heterocycles. The van der Waals surface area contributed by atoms with Crippen molar-refractivity contribution in [2.75, 3.05) is 5.32 Å². The lowest BCUT2D eigenvalue weighted by Crippen LogP contribution is -2.12. The van der Waals surface area contributed by atoms with E-state index < -0.39 is 0 Å². The summed E-state index contributed by atoms with van der Waals surface area (Å²) in [5.74, 6) is -0.646. The number of anilines is 1. The van der Waals surface area contributed by atoms with Crippen LogP contribution < -0.4 is 5.32 Å². The first-order valence-corrected chi connectivity index (χ1v) is 5.68. The minimum atomic E-state index is -0.330. The fraction of sp³-hybridized carbons (Fsp3) is 0.0667.